The molecule has 1 aliphatic carbocycles. The normalized spacial score (nSPS) is 48.3. The molecule has 0 bridgehead atoms. The van der Waals surface area contributed by atoms with Gasteiger partial charge in [0.25, 0.3) is 0 Å². The quantitative estimate of drug-likeness (QED) is 0.554. The van der Waals surface area contributed by atoms with E-state index in [0.29, 0.717) is 6.04 Å². The second-order valence-corrected chi connectivity index (χ2v) is 2.98. The molecule has 0 spiro atoms. The zero-order valence-electron chi connectivity index (χ0n) is 5.81. The molecule has 2 atom stereocenters. The Morgan fingerprint density at radius 1 is 1.78 bits per heavy atom. The Bertz CT molecular complexity index is 126. The Morgan fingerprint density at radius 3 is 3.22 bits per heavy atom. The van der Waals surface area contributed by atoms with Crippen molar-refractivity contribution in [1.82, 2.24) is 5.32 Å². The van der Waals surface area contributed by atoms with Crippen molar-refractivity contribution in [3.05, 3.63) is 0 Å². The van der Waals surface area contributed by atoms with Crippen LogP contribution in [0.1, 0.15) is 19.8 Å². The number of hydrogen-bond donors (Lipinski definition) is 1. The van der Waals surface area contributed by atoms with Crippen molar-refractivity contribution in [2.45, 2.75) is 31.4 Å². The molecule has 52 valence electrons. The van der Waals surface area contributed by atoms with Gasteiger partial charge in [-0.2, -0.15) is 0 Å². The van der Waals surface area contributed by atoms with Crippen LogP contribution in [0.25, 0.3) is 0 Å². The minimum Gasteiger partial charge on any atom is -0.372 e. The van der Waals surface area contributed by atoms with Gasteiger partial charge in [-0.25, -0.2) is 0 Å². The van der Waals surface area contributed by atoms with E-state index >= 15 is 0 Å². The van der Waals surface area contributed by atoms with Gasteiger partial charge in [0.15, 0.2) is 0 Å². The Hall–Kier alpha value is -0.0800. The van der Waals surface area contributed by atoms with Crippen LogP contribution in [0.5, 0.6) is 0 Å². The first kappa shape index (κ1) is 5.69. The van der Waals surface area contributed by atoms with Crippen LogP contribution in [0.4, 0.5) is 0 Å². The highest BCUT2D eigenvalue weighted by molar-refractivity contribution is 5.11. The molecule has 9 heavy (non-hydrogen) atoms. The summed E-state index contributed by atoms with van der Waals surface area (Å²) in [6.45, 7) is 4.16. The average molecular weight is 127 g/mol. The molecule has 2 nitrogen and oxygen atoms in total. The number of morpholine rings is 1. The van der Waals surface area contributed by atoms with E-state index in [1.807, 2.05) is 0 Å². The third-order valence-corrected chi connectivity index (χ3v) is 2.51. The molecule has 1 N–H and O–H groups in total. The van der Waals surface area contributed by atoms with Gasteiger partial charge in [0.2, 0.25) is 0 Å². The first-order valence-electron chi connectivity index (χ1n) is 3.75. The maximum atomic E-state index is 5.63. The van der Waals surface area contributed by atoms with Gasteiger partial charge in [0.1, 0.15) is 0 Å². The standard InChI is InChI=1S/C7H13NO/c1-2-7-5-6(7)8-3-4-9-7/h6,8H,2-5H2,1H3. The minimum atomic E-state index is 0.276. The maximum absolute atomic E-state index is 5.63. The van der Waals surface area contributed by atoms with Crippen molar-refractivity contribution >= 4 is 0 Å². The van der Waals surface area contributed by atoms with Crippen molar-refractivity contribution in [2.75, 3.05) is 13.2 Å². The summed E-state index contributed by atoms with van der Waals surface area (Å²) in [7, 11) is 0. The van der Waals surface area contributed by atoms with Gasteiger partial charge in [-0.15, -0.1) is 0 Å². The summed E-state index contributed by atoms with van der Waals surface area (Å²) in [6.07, 6.45) is 2.41. The zero-order valence-corrected chi connectivity index (χ0v) is 5.81. The third-order valence-electron chi connectivity index (χ3n) is 2.51. The largest absolute Gasteiger partial charge is 0.372 e. The summed E-state index contributed by atoms with van der Waals surface area (Å²) < 4.78 is 5.63. The van der Waals surface area contributed by atoms with E-state index in [2.05, 4.69) is 12.2 Å². The minimum absolute atomic E-state index is 0.276. The molecule has 1 saturated heterocycles. The molecule has 1 heterocycles. The van der Waals surface area contributed by atoms with Gasteiger partial charge in [0.05, 0.1) is 12.2 Å². The summed E-state index contributed by atoms with van der Waals surface area (Å²) in [5, 5.41) is 3.42. The van der Waals surface area contributed by atoms with Crippen molar-refractivity contribution in [1.29, 1.82) is 0 Å². The second-order valence-electron chi connectivity index (χ2n) is 2.98. The lowest BCUT2D eigenvalue weighted by atomic mass is 10.2. The number of rotatable bonds is 1. The Labute approximate surface area is 55.6 Å². The van der Waals surface area contributed by atoms with E-state index in [0.717, 1.165) is 13.2 Å². The fourth-order valence-corrected chi connectivity index (χ4v) is 1.68. The van der Waals surface area contributed by atoms with E-state index in [4.69, 9.17) is 4.74 Å². The molecule has 2 fully saturated rings. The molecule has 0 radical (unpaired) electrons. The smallest absolute Gasteiger partial charge is 0.0849 e. The first-order valence-corrected chi connectivity index (χ1v) is 3.75. The van der Waals surface area contributed by atoms with Gasteiger partial charge in [-0.3, -0.25) is 0 Å². The maximum Gasteiger partial charge on any atom is 0.0849 e. The second kappa shape index (κ2) is 1.70. The van der Waals surface area contributed by atoms with Crippen LogP contribution >= 0.6 is 0 Å². The van der Waals surface area contributed by atoms with Crippen molar-refractivity contribution in [2.24, 2.45) is 0 Å². The van der Waals surface area contributed by atoms with Crippen molar-refractivity contribution in [3.63, 3.8) is 0 Å². The summed E-state index contributed by atoms with van der Waals surface area (Å²) in [5.41, 5.74) is 0.276. The van der Waals surface area contributed by atoms with Crippen molar-refractivity contribution < 1.29 is 4.74 Å². The molecular weight excluding hydrogens is 114 g/mol. The van der Waals surface area contributed by atoms with Crippen LogP contribution in [0.2, 0.25) is 0 Å². The summed E-state index contributed by atoms with van der Waals surface area (Å²) >= 11 is 0. The fraction of sp³-hybridized carbons (Fsp3) is 1.00. The molecule has 2 aliphatic rings. The van der Waals surface area contributed by atoms with Crippen LogP contribution in [0, 0.1) is 0 Å². The fourth-order valence-electron chi connectivity index (χ4n) is 1.68. The van der Waals surface area contributed by atoms with Gasteiger partial charge in [-0.05, 0) is 12.8 Å². The van der Waals surface area contributed by atoms with E-state index in [1.165, 1.54) is 12.8 Å². The van der Waals surface area contributed by atoms with Gasteiger partial charge in [-0.1, -0.05) is 6.92 Å². The molecule has 1 aliphatic heterocycles. The number of fused-ring (bicyclic) bond motifs is 1. The lowest BCUT2D eigenvalue weighted by Crippen LogP contribution is -2.37. The molecule has 2 unspecified atom stereocenters. The lowest BCUT2D eigenvalue weighted by molar-refractivity contribution is 0.00479. The van der Waals surface area contributed by atoms with Crippen LogP contribution in [-0.2, 0) is 4.74 Å². The monoisotopic (exact) mass is 127 g/mol. The molecule has 0 aromatic carbocycles. The predicted octanol–water partition coefficient (Wildman–Crippen LogP) is 0.527. The van der Waals surface area contributed by atoms with E-state index < -0.39 is 0 Å². The first-order chi connectivity index (χ1) is 4.37. The highest BCUT2D eigenvalue weighted by Crippen LogP contribution is 2.44. The van der Waals surface area contributed by atoms with E-state index in [1.54, 1.807) is 0 Å². The zero-order chi connectivity index (χ0) is 6.32. The average Bonchev–Trinajstić information content (AvgIpc) is 2.62. The topological polar surface area (TPSA) is 21.3 Å². The van der Waals surface area contributed by atoms with Crippen LogP contribution in [-0.4, -0.2) is 24.8 Å². The van der Waals surface area contributed by atoms with Gasteiger partial charge >= 0.3 is 0 Å². The van der Waals surface area contributed by atoms with Crippen LogP contribution in [0.3, 0.4) is 0 Å². The van der Waals surface area contributed by atoms with Crippen molar-refractivity contribution in [3.8, 4) is 0 Å². The highest BCUT2D eigenvalue weighted by atomic mass is 16.5. The highest BCUT2D eigenvalue weighted by Gasteiger charge is 2.55. The lowest BCUT2D eigenvalue weighted by Gasteiger charge is -2.21. The predicted molar refractivity (Wildman–Crippen MR) is 35.4 cm³/mol. The number of ether oxygens (including phenoxy) is 1. The van der Waals surface area contributed by atoms with Gasteiger partial charge in [0, 0.05) is 12.6 Å². The number of hydrogen-bond acceptors (Lipinski definition) is 2. The van der Waals surface area contributed by atoms with E-state index in [9.17, 15) is 0 Å². The van der Waals surface area contributed by atoms with Crippen LogP contribution in [0.15, 0.2) is 0 Å². The Balaban J connectivity index is 2.01. The molecule has 0 aromatic heterocycles. The summed E-state index contributed by atoms with van der Waals surface area (Å²) in [6, 6.07) is 0.691. The molecular formula is C7H13NO. The summed E-state index contributed by atoms with van der Waals surface area (Å²) in [5.74, 6) is 0. The molecule has 0 aromatic rings. The molecule has 2 heteroatoms. The molecule has 0 amide bonds. The Morgan fingerprint density at radius 2 is 2.67 bits per heavy atom. The third kappa shape index (κ3) is 0.700. The van der Waals surface area contributed by atoms with Gasteiger partial charge < -0.3 is 10.1 Å². The molecule has 1 saturated carbocycles. The number of nitrogens with one attached hydrogen (secondary N) is 1. The summed E-state index contributed by atoms with van der Waals surface area (Å²) in [4.78, 5) is 0. The Kier molecular flexibility index (Phi) is 1.08. The van der Waals surface area contributed by atoms with E-state index in [-0.39, 0.29) is 5.60 Å². The SMILES string of the molecule is CCC12CC1NCCO2. The molecule has 2 rings (SSSR count). The van der Waals surface area contributed by atoms with Crippen LogP contribution < -0.4 is 5.32 Å².